The Balaban J connectivity index is 2.62. The van der Waals surface area contributed by atoms with Crippen molar-refractivity contribution in [1.82, 2.24) is 5.32 Å². The van der Waals surface area contributed by atoms with Crippen molar-refractivity contribution in [2.45, 2.75) is 67.2 Å². The van der Waals surface area contributed by atoms with Gasteiger partial charge in [0.05, 0.1) is 0 Å². The maximum atomic E-state index is 3.39. The molecule has 0 amide bonds. The second-order valence-corrected chi connectivity index (χ2v) is 7.69. The molecular weight excluding hydrogens is 290 g/mol. The van der Waals surface area contributed by atoms with E-state index in [1.165, 1.54) is 42.4 Å². The Morgan fingerprint density at radius 2 is 1.92 bits per heavy atom. The van der Waals surface area contributed by atoms with Gasteiger partial charge in [0, 0.05) is 6.54 Å². The van der Waals surface area contributed by atoms with Crippen molar-refractivity contribution in [1.29, 1.82) is 0 Å². The normalized spacial score (nSPS) is 19.8. The maximum absolute atomic E-state index is 3.39. The Morgan fingerprint density at radius 1 is 1.17 bits per heavy atom. The van der Waals surface area contributed by atoms with E-state index in [4.69, 9.17) is 0 Å². The average molecular weight is 328 g/mol. The quantitative estimate of drug-likeness (QED) is 0.395. The van der Waals surface area contributed by atoms with Gasteiger partial charge in [-0.15, -0.1) is 0 Å². The van der Waals surface area contributed by atoms with Crippen LogP contribution >= 0.6 is 0 Å². The molecule has 1 N–H and O–H groups in total. The van der Waals surface area contributed by atoms with Crippen LogP contribution in [0.3, 0.4) is 0 Å². The second-order valence-electron chi connectivity index (χ2n) is 7.69. The lowest BCUT2D eigenvalue weighted by atomic mass is 9.72. The second kappa shape index (κ2) is 10.5. The fourth-order valence-corrected chi connectivity index (χ4v) is 3.21. The third-order valence-electron chi connectivity index (χ3n) is 4.77. The molecule has 0 saturated carbocycles. The largest absolute Gasteiger partial charge is 0.313 e. The summed E-state index contributed by atoms with van der Waals surface area (Å²) >= 11 is 0. The first-order chi connectivity index (χ1) is 11.4. The zero-order valence-corrected chi connectivity index (χ0v) is 16.7. The van der Waals surface area contributed by atoms with Crippen molar-refractivity contribution in [3.63, 3.8) is 0 Å². The molecule has 0 fully saturated rings. The predicted molar refractivity (Wildman–Crippen MR) is 109 cm³/mol. The van der Waals surface area contributed by atoms with Crippen molar-refractivity contribution in [3.05, 3.63) is 58.7 Å². The van der Waals surface area contributed by atoms with Crippen LogP contribution in [0.5, 0.6) is 0 Å². The van der Waals surface area contributed by atoms with E-state index in [1.807, 2.05) is 0 Å². The molecule has 1 rings (SSSR count). The summed E-state index contributed by atoms with van der Waals surface area (Å²) in [6.07, 6.45) is 18.4. The molecule has 0 heterocycles. The molecule has 134 valence electrons. The molecule has 0 spiro atoms. The molecule has 0 radical (unpaired) electrons. The lowest BCUT2D eigenvalue weighted by Gasteiger charge is -2.32. The van der Waals surface area contributed by atoms with Gasteiger partial charge in [0.15, 0.2) is 0 Å². The zero-order valence-electron chi connectivity index (χ0n) is 16.7. The standard InChI is InChI=1S/C23H37N/c1-7-17-24-18-15-20(3)11-8-10-19(2)13-14-22-21(4)12-9-16-23(22,5)6/h8,10-11,13-15,24H,7,9,12,16-18H2,1-6H3. The van der Waals surface area contributed by atoms with Crippen molar-refractivity contribution < 1.29 is 0 Å². The molecule has 0 unspecified atom stereocenters. The van der Waals surface area contributed by atoms with Crippen LogP contribution in [-0.2, 0) is 0 Å². The fraction of sp³-hybridized carbons (Fsp3) is 0.565. The predicted octanol–water partition coefficient (Wildman–Crippen LogP) is 6.52. The van der Waals surface area contributed by atoms with Gasteiger partial charge in [-0.05, 0) is 64.0 Å². The van der Waals surface area contributed by atoms with Gasteiger partial charge < -0.3 is 5.32 Å². The molecule has 0 aliphatic heterocycles. The highest BCUT2D eigenvalue weighted by Gasteiger charge is 2.26. The molecule has 1 nitrogen and oxygen atoms in total. The number of hydrogen-bond acceptors (Lipinski definition) is 1. The fourth-order valence-electron chi connectivity index (χ4n) is 3.21. The SMILES string of the molecule is CCCNCC=C(C)C=CC=C(C)C=CC1=C(C)CCCC1(C)C. The van der Waals surface area contributed by atoms with Gasteiger partial charge in [0.25, 0.3) is 0 Å². The minimum absolute atomic E-state index is 0.319. The summed E-state index contributed by atoms with van der Waals surface area (Å²) in [5, 5.41) is 3.39. The molecule has 0 aromatic carbocycles. The van der Waals surface area contributed by atoms with E-state index in [1.54, 1.807) is 5.57 Å². The minimum atomic E-state index is 0.319. The molecule has 24 heavy (non-hydrogen) atoms. The Labute approximate surface area is 150 Å². The summed E-state index contributed by atoms with van der Waals surface area (Å²) in [5.74, 6) is 0. The average Bonchev–Trinajstić information content (AvgIpc) is 2.50. The van der Waals surface area contributed by atoms with E-state index >= 15 is 0 Å². The molecule has 0 saturated heterocycles. The minimum Gasteiger partial charge on any atom is -0.313 e. The van der Waals surface area contributed by atoms with Crippen LogP contribution in [0.2, 0.25) is 0 Å². The van der Waals surface area contributed by atoms with Gasteiger partial charge in [-0.2, -0.15) is 0 Å². The van der Waals surface area contributed by atoms with Crippen LogP contribution in [-0.4, -0.2) is 13.1 Å². The van der Waals surface area contributed by atoms with Gasteiger partial charge >= 0.3 is 0 Å². The van der Waals surface area contributed by atoms with E-state index in [-0.39, 0.29) is 0 Å². The first-order valence-electron chi connectivity index (χ1n) is 9.47. The van der Waals surface area contributed by atoms with Crippen molar-refractivity contribution in [3.8, 4) is 0 Å². The maximum Gasteiger partial charge on any atom is 0.0140 e. The van der Waals surface area contributed by atoms with Crippen molar-refractivity contribution in [2.75, 3.05) is 13.1 Å². The van der Waals surface area contributed by atoms with Crippen LogP contribution in [0, 0.1) is 5.41 Å². The highest BCUT2D eigenvalue weighted by atomic mass is 14.8. The first-order valence-corrected chi connectivity index (χ1v) is 9.47. The smallest absolute Gasteiger partial charge is 0.0140 e. The first kappa shape index (κ1) is 20.7. The number of hydrogen-bond donors (Lipinski definition) is 1. The monoisotopic (exact) mass is 327 g/mol. The van der Waals surface area contributed by atoms with E-state index in [9.17, 15) is 0 Å². The highest BCUT2D eigenvalue weighted by molar-refractivity contribution is 5.37. The molecule has 1 aliphatic carbocycles. The summed E-state index contributed by atoms with van der Waals surface area (Å²) < 4.78 is 0. The van der Waals surface area contributed by atoms with E-state index < -0.39 is 0 Å². The van der Waals surface area contributed by atoms with Crippen molar-refractivity contribution >= 4 is 0 Å². The summed E-state index contributed by atoms with van der Waals surface area (Å²) in [6, 6.07) is 0. The zero-order chi connectivity index (χ0) is 18.0. The van der Waals surface area contributed by atoms with Gasteiger partial charge in [0.1, 0.15) is 0 Å². The third-order valence-corrected chi connectivity index (χ3v) is 4.77. The van der Waals surface area contributed by atoms with Crippen LogP contribution in [0.25, 0.3) is 0 Å². The molecule has 0 aromatic rings. The summed E-state index contributed by atoms with van der Waals surface area (Å²) in [6.45, 7) is 15.6. The van der Waals surface area contributed by atoms with Crippen LogP contribution in [0.15, 0.2) is 58.7 Å². The van der Waals surface area contributed by atoms with E-state index in [0.717, 1.165) is 13.1 Å². The van der Waals surface area contributed by atoms with Gasteiger partial charge in [-0.25, -0.2) is 0 Å². The lowest BCUT2D eigenvalue weighted by molar-refractivity contribution is 0.377. The molecule has 0 atom stereocenters. The van der Waals surface area contributed by atoms with Gasteiger partial charge in [-0.3, -0.25) is 0 Å². The topological polar surface area (TPSA) is 12.0 Å². The van der Waals surface area contributed by atoms with E-state index in [0.29, 0.717) is 5.41 Å². The molecular formula is C23H37N. The van der Waals surface area contributed by atoms with E-state index in [2.05, 4.69) is 83.3 Å². The summed E-state index contributed by atoms with van der Waals surface area (Å²) in [7, 11) is 0. The number of allylic oxidation sites excluding steroid dienone is 9. The van der Waals surface area contributed by atoms with Crippen molar-refractivity contribution in [2.24, 2.45) is 5.41 Å². The number of rotatable bonds is 8. The van der Waals surface area contributed by atoms with Crippen LogP contribution < -0.4 is 5.32 Å². The highest BCUT2D eigenvalue weighted by Crippen LogP contribution is 2.40. The Bertz CT molecular complexity index is 538. The number of nitrogens with one attached hydrogen (secondary N) is 1. The molecule has 0 bridgehead atoms. The van der Waals surface area contributed by atoms with Crippen LogP contribution in [0.4, 0.5) is 0 Å². The Morgan fingerprint density at radius 3 is 2.58 bits per heavy atom. The Kier molecular flexibility index (Phi) is 9.07. The Hall–Kier alpha value is -1.34. The summed E-state index contributed by atoms with van der Waals surface area (Å²) in [5.41, 5.74) is 6.01. The lowest BCUT2D eigenvalue weighted by Crippen LogP contribution is -2.19. The molecule has 1 aliphatic rings. The van der Waals surface area contributed by atoms with Gasteiger partial charge in [0.2, 0.25) is 0 Å². The molecule has 1 heteroatoms. The third kappa shape index (κ3) is 7.49. The van der Waals surface area contributed by atoms with Crippen LogP contribution in [0.1, 0.15) is 67.2 Å². The van der Waals surface area contributed by atoms with Gasteiger partial charge in [-0.1, -0.05) is 73.9 Å². The molecule has 0 aromatic heterocycles. The summed E-state index contributed by atoms with van der Waals surface area (Å²) in [4.78, 5) is 0.